The van der Waals surface area contributed by atoms with E-state index in [9.17, 15) is 0 Å². The van der Waals surface area contributed by atoms with Crippen LogP contribution in [0.1, 0.15) is 5.69 Å². The molecule has 5 nitrogen and oxygen atoms in total. The summed E-state index contributed by atoms with van der Waals surface area (Å²) in [7, 11) is 0. The normalized spacial score (nSPS) is 14.7. The molecular weight excluding hydrogens is 150 g/mol. The molecule has 0 unspecified atom stereocenters. The lowest BCUT2D eigenvalue weighted by molar-refractivity contribution is 0.365. The van der Waals surface area contributed by atoms with Gasteiger partial charge in [-0.05, 0) is 0 Å². The van der Waals surface area contributed by atoms with Gasteiger partial charge in [0.05, 0.1) is 11.7 Å². The van der Waals surface area contributed by atoms with Gasteiger partial charge in [-0.25, -0.2) is 10.8 Å². The van der Waals surface area contributed by atoms with E-state index in [1.165, 1.54) is 11.3 Å². The van der Waals surface area contributed by atoms with Gasteiger partial charge in [0.1, 0.15) is 10.7 Å². The van der Waals surface area contributed by atoms with Crippen molar-refractivity contribution in [3.8, 4) is 0 Å². The Morgan fingerprint density at radius 1 is 1.70 bits per heavy atom. The van der Waals surface area contributed by atoms with Crippen LogP contribution in [0.5, 0.6) is 0 Å². The highest BCUT2D eigenvalue weighted by atomic mass is 32.1. The number of hydrogen-bond donors (Lipinski definition) is 2. The Bertz CT molecular complexity index is 266. The van der Waals surface area contributed by atoms with Crippen molar-refractivity contribution in [3.05, 3.63) is 11.2 Å². The standard InChI is InChI=1S/C4H5N5S/c5-9-7-1-3-4(8-9)10-2-6-3/h1-2,8H,5H2. The fourth-order valence-electron chi connectivity index (χ4n) is 0.680. The van der Waals surface area contributed by atoms with Crippen LogP contribution in [0.2, 0.25) is 0 Å². The van der Waals surface area contributed by atoms with Crippen LogP contribution in [-0.2, 0) is 0 Å². The number of fused-ring (bicyclic) bond motifs is 1. The number of hydrazine groups is 2. The maximum absolute atomic E-state index is 5.31. The number of anilines is 1. The van der Waals surface area contributed by atoms with Crippen LogP contribution in [0.3, 0.4) is 0 Å². The van der Waals surface area contributed by atoms with Crippen molar-refractivity contribution >= 4 is 22.6 Å². The monoisotopic (exact) mass is 155 g/mol. The van der Waals surface area contributed by atoms with E-state index < -0.39 is 0 Å². The molecule has 0 spiro atoms. The number of thiazole rings is 1. The molecule has 0 radical (unpaired) electrons. The Hall–Kier alpha value is -1.14. The van der Waals surface area contributed by atoms with Crippen molar-refractivity contribution in [3.63, 3.8) is 0 Å². The average Bonchev–Trinajstić information content (AvgIpc) is 2.33. The van der Waals surface area contributed by atoms with Crippen LogP contribution < -0.4 is 11.3 Å². The lowest BCUT2D eigenvalue weighted by atomic mass is 10.5. The predicted molar refractivity (Wildman–Crippen MR) is 39.4 cm³/mol. The first-order chi connectivity index (χ1) is 4.86. The molecular formula is C4H5N5S. The molecule has 2 heterocycles. The topological polar surface area (TPSA) is 66.5 Å². The fourth-order valence-corrected chi connectivity index (χ4v) is 1.32. The Labute approximate surface area is 61.1 Å². The first-order valence-corrected chi connectivity index (χ1v) is 3.53. The van der Waals surface area contributed by atoms with Gasteiger partial charge in [-0.1, -0.05) is 0 Å². The molecule has 0 fully saturated rings. The Balaban J connectivity index is 2.43. The van der Waals surface area contributed by atoms with E-state index in [-0.39, 0.29) is 0 Å². The highest BCUT2D eigenvalue weighted by Crippen LogP contribution is 2.20. The molecule has 0 saturated carbocycles. The number of hydrazone groups is 1. The zero-order chi connectivity index (χ0) is 6.97. The summed E-state index contributed by atoms with van der Waals surface area (Å²) in [4.78, 5) is 4.02. The van der Waals surface area contributed by atoms with Crippen molar-refractivity contribution in [2.75, 3.05) is 5.43 Å². The largest absolute Gasteiger partial charge is 0.255 e. The second-order valence-corrected chi connectivity index (χ2v) is 2.62. The third-order valence-electron chi connectivity index (χ3n) is 1.12. The van der Waals surface area contributed by atoms with Crippen LogP contribution in [0.15, 0.2) is 10.6 Å². The molecule has 0 aliphatic carbocycles. The lowest BCUT2D eigenvalue weighted by Gasteiger charge is -2.16. The van der Waals surface area contributed by atoms with E-state index in [2.05, 4.69) is 15.5 Å². The summed E-state index contributed by atoms with van der Waals surface area (Å²) in [6.07, 6.45) is 1.61. The second kappa shape index (κ2) is 1.93. The van der Waals surface area contributed by atoms with E-state index in [1.807, 2.05) is 0 Å². The first-order valence-electron chi connectivity index (χ1n) is 2.65. The highest BCUT2D eigenvalue weighted by molar-refractivity contribution is 7.14. The molecule has 2 rings (SSSR count). The number of nitrogens with two attached hydrogens (primary N) is 1. The zero-order valence-corrected chi connectivity index (χ0v) is 5.80. The van der Waals surface area contributed by atoms with Gasteiger partial charge in [-0.15, -0.1) is 21.7 Å². The van der Waals surface area contributed by atoms with Gasteiger partial charge < -0.3 is 0 Å². The quantitative estimate of drug-likeness (QED) is 0.517. The molecule has 1 aromatic rings. The summed E-state index contributed by atoms with van der Waals surface area (Å²) in [5.41, 5.74) is 5.39. The Morgan fingerprint density at radius 3 is 3.50 bits per heavy atom. The molecule has 0 saturated heterocycles. The minimum absolute atomic E-state index is 0.840. The summed E-state index contributed by atoms with van der Waals surface area (Å²) in [6.45, 7) is 0. The van der Waals surface area contributed by atoms with Gasteiger partial charge in [0.2, 0.25) is 0 Å². The molecule has 6 heteroatoms. The van der Waals surface area contributed by atoms with Gasteiger partial charge in [0, 0.05) is 0 Å². The average molecular weight is 155 g/mol. The molecule has 1 aromatic heterocycles. The first kappa shape index (κ1) is 5.63. The predicted octanol–water partition coefficient (Wildman–Crippen LogP) is -0.00680. The maximum Gasteiger partial charge on any atom is 0.139 e. The Kier molecular flexibility index (Phi) is 1.08. The summed E-state index contributed by atoms with van der Waals surface area (Å²) in [5.74, 6) is 5.31. The van der Waals surface area contributed by atoms with Gasteiger partial charge in [-0.2, -0.15) is 0 Å². The van der Waals surface area contributed by atoms with E-state index in [0.29, 0.717) is 0 Å². The van der Waals surface area contributed by atoms with Crippen molar-refractivity contribution in [2.24, 2.45) is 10.9 Å². The van der Waals surface area contributed by atoms with Gasteiger partial charge in [-0.3, -0.25) is 5.43 Å². The summed E-state index contributed by atoms with van der Waals surface area (Å²) >= 11 is 1.49. The Morgan fingerprint density at radius 2 is 2.60 bits per heavy atom. The van der Waals surface area contributed by atoms with Crippen LogP contribution in [-0.4, -0.2) is 16.4 Å². The molecule has 0 amide bonds. The number of rotatable bonds is 0. The van der Waals surface area contributed by atoms with Gasteiger partial charge in [0.15, 0.2) is 0 Å². The number of nitrogens with one attached hydrogen (secondary N) is 1. The molecule has 1 aliphatic rings. The zero-order valence-electron chi connectivity index (χ0n) is 4.98. The van der Waals surface area contributed by atoms with E-state index in [4.69, 9.17) is 5.84 Å². The third kappa shape index (κ3) is 0.739. The van der Waals surface area contributed by atoms with Crippen LogP contribution in [0.4, 0.5) is 5.00 Å². The molecule has 3 N–H and O–H groups in total. The van der Waals surface area contributed by atoms with Gasteiger partial charge in [0.25, 0.3) is 0 Å². The highest BCUT2D eigenvalue weighted by Gasteiger charge is 2.09. The maximum atomic E-state index is 5.31. The van der Waals surface area contributed by atoms with Crippen LogP contribution in [0, 0.1) is 0 Å². The van der Waals surface area contributed by atoms with Crippen molar-refractivity contribution in [2.45, 2.75) is 0 Å². The van der Waals surface area contributed by atoms with Crippen molar-refractivity contribution in [1.82, 2.24) is 10.2 Å². The molecule has 0 atom stereocenters. The van der Waals surface area contributed by atoms with Crippen molar-refractivity contribution < 1.29 is 0 Å². The SMILES string of the molecule is NN1N=Cc2ncsc2N1. The molecule has 10 heavy (non-hydrogen) atoms. The van der Waals surface area contributed by atoms with E-state index in [0.717, 1.165) is 15.9 Å². The molecule has 1 aliphatic heterocycles. The molecule has 0 bridgehead atoms. The molecule has 52 valence electrons. The van der Waals surface area contributed by atoms with Crippen LogP contribution in [0.25, 0.3) is 0 Å². The van der Waals surface area contributed by atoms with Crippen LogP contribution >= 0.6 is 11.3 Å². The second-order valence-electron chi connectivity index (χ2n) is 1.77. The number of nitrogens with zero attached hydrogens (tertiary/aromatic N) is 3. The minimum Gasteiger partial charge on any atom is -0.255 e. The smallest absolute Gasteiger partial charge is 0.139 e. The number of hydrogen-bond acceptors (Lipinski definition) is 6. The number of aromatic nitrogens is 1. The van der Waals surface area contributed by atoms with Crippen molar-refractivity contribution in [1.29, 1.82) is 0 Å². The lowest BCUT2D eigenvalue weighted by Crippen LogP contribution is -2.33. The van der Waals surface area contributed by atoms with Gasteiger partial charge >= 0.3 is 0 Å². The van der Waals surface area contributed by atoms with E-state index in [1.54, 1.807) is 11.7 Å². The summed E-state index contributed by atoms with van der Waals surface area (Å²) < 4.78 is 0. The minimum atomic E-state index is 0.840. The summed E-state index contributed by atoms with van der Waals surface area (Å²) in [6, 6.07) is 0. The third-order valence-corrected chi connectivity index (χ3v) is 1.86. The molecule has 0 aromatic carbocycles. The summed E-state index contributed by atoms with van der Waals surface area (Å²) in [5, 5.41) is 5.84. The fraction of sp³-hybridized carbons (Fsp3) is 0. The van der Waals surface area contributed by atoms with E-state index >= 15 is 0 Å².